The zero-order chi connectivity index (χ0) is 23.0. The number of carboxylic acids is 1. The summed E-state index contributed by atoms with van der Waals surface area (Å²) in [6.45, 7) is 7.81. The Balaban J connectivity index is 2.03. The number of likely N-dealkylation sites (tertiary alicyclic amines) is 1. The number of aliphatic carboxylic acids is 1. The number of rotatable bonds is 5. The lowest BCUT2D eigenvalue weighted by molar-refractivity contribution is -0.158. The number of nitrogens with zero attached hydrogens (tertiary/aromatic N) is 3. The molecular weight excluding hydrogens is 389 g/mol. The predicted molar refractivity (Wildman–Crippen MR) is 111 cm³/mol. The Kier molecular flexibility index (Phi) is 6.87. The Labute approximate surface area is 178 Å². The number of carbonyl (C=O) groups is 3. The lowest BCUT2D eigenvalue weighted by Gasteiger charge is -2.38. The van der Waals surface area contributed by atoms with E-state index in [1.807, 2.05) is 46.7 Å². The van der Waals surface area contributed by atoms with Crippen LogP contribution in [0.3, 0.4) is 0 Å². The molecule has 0 aromatic carbocycles. The molecule has 7 nitrogen and oxygen atoms in total. The molecule has 168 valence electrons. The van der Waals surface area contributed by atoms with E-state index in [-0.39, 0.29) is 43.7 Å². The second-order valence-corrected chi connectivity index (χ2v) is 9.46. The lowest BCUT2D eigenvalue weighted by Crippen LogP contribution is -2.56. The average molecular weight is 424 g/mol. The zero-order valence-electron chi connectivity index (χ0n) is 19.0. The van der Waals surface area contributed by atoms with Gasteiger partial charge in [0.2, 0.25) is 0 Å². The van der Waals surface area contributed by atoms with Gasteiger partial charge in [-0.15, -0.1) is 0 Å². The van der Waals surface area contributed by atoms with Crippen molar-refractivity contribution < 1.29 is 23.9 Å². The van der Waals surface area contributed by atoms with Crippen LogP contribution in [0.25, 0.3) is 0 Å². The van der Waals surface area contributed by atoms with Crippen LogP contribution < -0.4 is 0 Å². The highest BCUT2D eigenvalue weighted by Gasteiger charge is 2.55. The molecule has 1 N–H and O–H groups in total. The fraction of sp³-hybridized carbons (Fsp3) is 0.773. The van der Waals surface area contributed by atoms with Crippen LogP contribution in [-0.2, 0) is 14.4 Å². The first-order valence-electron chi connectivity index (χ1n) is 10.4. The molecule has 30 heavy (non-hydrogen) atoms. The molecule has 8 heteroatoms. The minimum atomic E-state index is -2.17. The molecule has 2 rings (SSSR count). The molecule has 0 aromatic rings. The Morgan fingerprint density at radius 3 is 2.03 bits per heavy atom. The molecule has 2 fully saturated rings. The average Bonchev–Trinajstić information content (AvgIpc) is 3.25. The number of amides is 2. The van der Waals surface area contributed by atoms with Crippen molar-refractivity contribution in [2.45, 2.75) is 57.8 Å². The largest absolute Gasteiger partial charge is 0.480 e. The number of hydrogen-bond donors (Lipinski definition) is 1. The van der Waals surface area contributed by atoms with Crippen LogP contribution in [0.5, 0.6) is 0 Å². The van der Waals surface area contributed by atoms with Crippen LogP contribution >= 0.6 is 0 Å². The molecule has 0 aromatic heterocycles. The Morgan fingerprint density at radius 2 is 1.63 bits per heavy atom. The third-order valence-corrected chi connectivity index (χ3v) is 7.08. The number of hydrogen-bond acceptors (Lipinski definition) is 4. The minimum Gasteiger partial charge on any atom is -0.480 e. The van der Waals surface area contributed by atoms with Gasteiger partial charge in [0.05, 0.1) is 5.54 Å². The van der Waals surface area contributed by atoms with Crippen molar-refractivity contribution in [1.29, 1.82) is 0 Å². The van der Waals surface area contributed by atoms with Gasteiger partial charge in [-0.3, -0.25) is 14.5 Å². The van der Waals surface area contributed by atoms with Crippen molar-refractivity contribution >= 4 is 17.8 Å². The van der Waals surface area contributed by atoms with E-state index in [1.165, 1.54) is 11.9 Å². The lowest BCUT2D eigenvalue weighted by atomic mass is 9.90. The smallest absolute Gasteiger partial charge is 0.326 e. The maximum atomic E-state index is 15.5. The van der Waals surface area contributed by atoms with Crippen molar-refractivity contribution in [3.05, 3.63) is 0 Å². The monoisotopic (exact) mass is 423 g/mol. The molecule has 2 amide bonds. The molecule has 1 heterocycles. The minimum absolute atomic E-state index is 0.0694. The number of likely N-dealkylation sites (N-methyl/N-ethyl adjacent to an activating group) is 1. The van der Waals surface area contributed by atoms with Gasteiger partial charge < -0.3 is 14.9 Å². The fourth-order valence-electron chi connectivity index (χ4n) is 3.98. The summed E-state index contributed by atoms with van der Waals surface area (Å²) in [6.07, 6.45) is -0.328. The highest BCUT2D eigenvalue weighted by molar-refractivity contribution is 5.94. The summed E-state index contributed by atoms with van der Waals surface area (Å²) in [4.78, 5) is 41.4. The van der Waals surface area contributed by atoms with Gasteiger partial charge in [0, 0.05) is 33.0 Å². The van der Waals surface area contributed by atoms with Gasteiger partial charge in [0.25, 0.3) is 11.8 Å². The molecule has 0 spiro atoms. The number of alkyl halides is 1. The summed E-state index contributed by atoms with van der Waals surface area (Å²) in [5.74, 6) is 3.42. The van der Waals surface area contributed by atoms with E-state index in [2.05, 4.69) is 11.8 Å². The Bertz CT molecular complexity index is 754. The molecular formula is C22H34FN3O4. The third-order valence-electron chi connectivity index (χ3n) is 7.08. The standard InChI is InChI=1S/C22H34FN3O4/c1-14-15(2)17(14)18(19(28)29)25(7)20(30)22(23)10-12-26(13-11-22)16(27)8-9-21(3,4)24(5)6/h14-15,17-18H,10-13H2,1-7H3,(H,28,29)/t14-,15?,17?,18-/m0/s1. The van der Waals surface area contributed by atoms with Crippen LogP contribution in [0.1, 0.15) is 40.5 Å². The summed E-state index contributed by atoms with van der Waals surface area (Å²) < 4.78 is 15.5. The van der Waals surface area contributed by atoms with Crippen LogP contribution in [0.15, 0.2) is 0 Å². The predicted octanol–water partition coefficient (Wildman–Crippen LogP) is 1.47. The second-order valence-electron chi connectivity index (χ2n) is 9.46. The van der Waals surface area contributed by atoms with Gasteiger partial charge in [0.15, 0.2) is 5.67 Å². The maximum absolute atomic E-state index is 15.5. The molecule has 1 aliphatic carbocycles. The van der Waals surface area contributed by atoms with Crippen LogP contribution in [0, 0.1) is 29.6 Å². The molecule has 1 saturated carbocycles. The number of piperidine rings is 1. The first kappa shape index (κ1) is 24.1. The van der Waals surface area contributed by atoms with Gasteiger partial charge >= 0.3 is 5.97 Å². The van der Waals surface area contributed by atoms with Crippen molar-refractivity contribution in [3.8, 4) is 11.8 Å². The van der Waals surface area contributed by atoms with E-state index in [0.717, 1.165) is 4.90 Å². The van der Waals surface area contributed by atoms with Crippen LogP contribution in [0.4, 0.5) is 4.39 Å². The quantitative estimate of drug-likeness (QED) is 0.678. The summed E-state index contributed by atoms with van der Waals surface area (Å²) >= 11 is 0. The summed E-state index contributed by atoms with van der Waals surface area (Å²) in [6, 6.07) is -1.03. The summed E-state index contributed by atoms with van der Waals surface area (Å²) in [5, 5.41) is 9.61. The normalized spacial score (nSPS) is 26.4. The first-order valence-corrected chi connectivity index (χ1v) is 10.4. The van der Waals surface area contributed by atoms with Gasteiger partial charge in [0.1, 0.15) is 6.04 Å². The van der Waals surface area contributed by atoms with Crippen LogP contribution in [-0.4, -0.2) is 89.1 Å². The van der Waals surface area contributed by atoms with Crippen molar-refractivity contribution in [3.63, 3.8) is 0 Å². The molecule has 4 atom stereocenters. The molecule has 1 aliphatic heterocycles. The Hall–Kier alpha value is -2.14. The number of halogens is 1. The SMILES string of the molecule is CC1C([C@@H](C(=O)O)N(C)C(=O)C2(F)CCN(C(=O)C#CC(C)(C)N(C)C)CC2)[C@H]1C. The van der Waals surface area contributed by atoms with E-state index >= 15 is 4.39 Å². The van der Waals surface area contributed by atoms with Crippen molar-refractivity contribution in [2.75, 3.05) is 34.2 Å². The number of carbonyl (C=O) groups excluding carboxylic acids is 2. The molecule has 0 radical (unpaired) electrons. The number of carboxylic acid groups (broad SMARTS) is 1. The van der Waals surface area contributed by atoms with Gasteiger partial charge in [-0.05, 0) is 51.6 Å². The van der Waals surface area contributed by atoms with Gasteiger partial charge in [-0.2, -0.15) is 0 Å². The fourth-order valence-corrected chi connectivity index (χ4v) is 3.98. The Morgan fingerprint density at radius 1 is 1.13 bits per heavy atom. The second kappa shape index (κ2) is 8.54. The van der Waals surface area contributed by atoms with E-state index in [1.54, 1.807) is 0 Å². The molecule has 2 unspecified atom stereocenters. The van der Waals surface area contributed by atoms with Crippen molar-refractivity contribution in [1.82, 2.24) is 14.7 Å². The highest BCUT2D eigenvalue weighted by Crippen LogP contribution is 2.49. The third kappa shape index (κ3) is 4.77. The van der Waals surface area contributed by atoms with E-state index in [9.17, 15) is 19.5 Å². The van der Waals surface area contributed by atoms with E-state index in [0.29, 0.717) is 0 Å². The molecule has 0 bridgehead atoms. The van der Waals surface area contributed by atoms with Gasteiger partial charge in [-0.1, -0.05) is 19.8 Å². The summed E-state index contributed by atoms with van der Waals surface area (Å²) in [7, 11) is 5.10. The summed E-state index contributed by atoms with van der Waals surface area (Å²) in [5.41, 5.74) is -2.65. The van der Waals surface area contributed by atoms with Crippen molar-refractivity contribution in [2.24, 2.45) is 17.8 Å². The topological polar surface area (TPSA) is 81.2 Å². The molecule has 2 aliphatic rings. The molecule has 1 saturated heterocycles. The maximum Gasteiger partial charge on any atom is 0.326 e. The zero-order valence-corrected chi connectivity index (χ0v) is 19.0. The first-order chi connectivity index (χ1) is 13.7. The highest BCUT2D eigenvalue weighted by atomic mass is 19.1. The van der Waals surface area contributed by atoms with E-state index in [4.69, 9.17) is 0 Å². The van der Waals surface area contributed by atoms with E-state index < -0.39 is 35.0 Å². The van der Waals surface area contributed by atoms with Gasteiger partial charge in [-0.25, -0.2) is 9.18 Å². The van der Waals surface area contributed by atoms with Crippen LogP contribution in [0.2, 0.25) is 0 Å².